The Balaban J connectivity index is 1.62. The number of ether oxygens (including phenoxy) is 4. The summed E-state index contributed by atoms with van der Waals surface area (Å²) in [6.45, 7) is 9.05. The SMILES string of the molecule is COC(=O)[C@H]1[C@@H](C)O[C@@]2(C)CC(=O)[C@H]3O[C@@]12O[C@H]([C@H](C)C=C(C)C=CC(O)=C1C(=O)CN(C)C1=O)[C@H]3C. The van der Waals surface area contributed by atoms with Crippen LogP contribution in [0.5, 0.6) is 0 Å². The van der Waals surface area contributed by atoms with Crippen molar-refractivity contribution >= 4 is 23.4 Å². The molecule has 1 spiro atoms. The molecule has 0 unspecified atom stereocenters. The summed E-state index contributed by atoms with van der Waals surface area (Å²) in [4.78, 5) is 51.3. The molecule has 1 N–H and O–H groups in total. The lowest BCUT2D eigenvalue weighted by Crippen LogP contribution is -2.71. The fourth-order valence-corrected chi connectivity index (χ4v) is 6.20. The monoisotopic (exact) mass is 517 g/mol. The molecule has 10 nitrogen and oxygen atoms in total. The third kappa shape index (κ3) is 4.24. The van der Waals surface area contributed by atoms with Gasteiger partial charge in [-0.1, -0.05) is 31.6 Å². The average Bonchev–Trinajstić information content (AvgIpc) is 3.20. The van der Waals surface area contributed by atoms with Crippen molar-refractivity contribution in [3.8, 4) is 0 Å². The van der Waals surface area contributed by atoms with E-state index in [2.05, 4.69) is 0 Å². The smallest absolute Gasteiger partial charge is 0.316 e. The van der Waals surface area contributed by atoms with Crippen molar-refractivity contribution in [3.63, 3.8) is 0 Å². The Morgan fingerprint density at radius 3 is 2.46 bits per heavy atom. The van der Waals surface area contributed by atoms with Crippen LogP contribution in [-0.4, -0.2) is 83.9 Å². The van der Waals surface area contributed by atoms with Crippen molar-refractivity contribution in [1.29, 1.82) is 0 Å². The number of aliphatic hydroxyl groups excluding tert-OH is 1. The number of amides is 1. The summed E-state index contributed by atoms with van der Waals surface area (Å²) in [5.41, 5.74) is -0.637. The molecule has 10 heteroatoms. The van der Waals surface area contributed by atoms with Crippen molar-refractivity contribution in [1.82, 2.24) is 4.90 Å². The second kappa shape index (κ2) is 9.49. The topological polar surface area (TPSA) is 129 Å². The molecule has 1 amide bonds. The van der Waals surface area contributed by atoms with E-state index in [0.717, 1.165) is 5.57 Å². The predicted molar refractivity (Wildman–Crippen MR) is 130 cm³/mol. The van der Waals surface area contributed by atoms with E-state index in [1.165, 1.54) is 25.1 Å². The van der Waals surface area contributed by atoms with Crippen molar-refractivity contribution in [2.75, 3.05) is 20.7 Å². The second-order valence-corrected chi connectivity index (χ2v) is 10.8. The summed E-state index contributed by atoms with van der Waals surface area (Å²) in [6.07, 6.45) is 3.07. The molecule has 8 atom stereocenters. The number of methoxy groups -OCH3 is 1. The fraction of sp³-hybridized carbons (Fsp3) is 0.630. The van der Waals surface area contributed by atoms with Crippen LogP contribution in [0, 0.1) is 17.8 Å². The second-order valence-electron chi connectivity index (χ2n) is 10.8. The number of hydrogen-bond donors (Lipinski definition) is 1. The van der Waals surface area contributed by atoms with Gasteiger partial charge < -0.3 is 29.0 Å². The van der Waals surface area contributed by atoms with Gasteiger partial charge in [0.2, 0.25) is 5.79 Å². The van der Waals surface area contributed by atoms with Crippen LogP contribution in [0.1, 0.15) is 41.0 Å². The number of nitrogens with zero attached hydrogens (tertiary/aromatic N) is 1. The molecule has 0 radical (unpaired) electrons. The molecular weight excluding hydrogens is 482 g/mol. The Bertz CT molecular complexity index is 1120. The van der Waals surface area contributed by atoms with Gasteiger partial charge in [-0.15, -0.1) is 0 Å². The minimum absolute atomic E-state index is 0.0631. The van der Waals surface area contributed by atoms with Crippen LogP contribution < -0.4 is 0 Å². The standard InChI is InChI=1S/C27H35NO9/c1-13(8-9-17(29)20-19(31)12-28(6)24(20)32)10-14(2)22-15(3)23-18(30)11-26(5)27(36-22,37-23)21(16(4)35-26)25(33)34-7/h8-10,14-16,21-23,29H,11-12H2,1-7H3/t14-,15-,16-,21-,22-,23+,26+,27+/m1/s1. The molecule has 4 heterocycles. The average molecular weight is 518 g/mol. The maximum Gasteiger partial charge on any atom is 0.316 e. The molecular formula is C27H35NO9. The number of fused-ring (bicyclic) bond motifs is 1. The first-order chi connectivity index (χ1) is 17.3. The molecule has 2 bridgehead atoms. The Morgan fingerprint density at radius 2 is 1.86 bits per heavy atom. The van der Waals surface area contributed by atoms with E-state index in [4.69, 9.17) is 18.9 Å². The number of likely N-dealkylation sites (N-methyl/N-ethyl adjacent to an activating group) is 1. The molecule has 37 heavy (non-hydrogen) atoms. The van der Waals surface area contributed by atoms with Crippen molar-refractivity contribution < 1.29 is 43.2 Å². The number of rotatable bonds is 5. The summed E-state index contributed by atoms with van der Waals surface area (Å²) in [5, 5.41) is 10.3. The summed E-state index contributed by atoms with van der Waals surface area (Å²) in [6, 6.07) is 0. The van der Waals surface area contributed by atoms with E-state index >= 15 is 0 Å². The van der Waals surface area contributed by atoms with Gasteiger partial charge in [-0.3, -0.25) is 19.2 Å². The quantitative estimate of drug-likeness (QED) is 0.191. The lowest BCUT2D eigenvalue weighted by atomic mass is 9.73. The van der Waals surface area contributed by atoms with Gasteiger partial charge in [0.15, 0.2) is 11.6 Å². The van der Waals surface area contributed by atoms with Crippen LogP contribution in [0.2, 0.25) is 0 Å². The van der Waals surface area contributed by atoms with Crippen LogP contribution in [0.4, 0.5) is 0 Å². The summed E-state index contributed by atoms with van der Waals surface area (Å²) in [5.74, 6) is -4.83. The highest BCUT2D eigenvalue weighted by Gasteiger charge is 2.74. The van der Waals surface area contributed by atoms with Crippen LogP contribution in [0.25, 0.3) is 0 Å². The molecule has 0 aliphatic carbocycles. The maximum absolute atomic E-state index is 13.1. The number of esters is 1. The minimum atomic E-state index is -1.47. The predicted octanol–water partition coefficient (Wildman–Crippen LogP) is 2.03. The Morgan fingerprint density at radius 1 is 1.19 bits per heavy atom. The van der Waals surface area contributed by atoms with Gasteiger partial charge in [-0.2, -0.15) is 0 Å². The summed E-state index contributed by atoms with van der Waals surface area (Å²) >= 11 is 0. The largest absolute Gasteiger partial charge is 0.507 e. The minimum Gasteiger partial charge on any atom is -0.507 e. The van der Waals surface area contributed by atoms with Gasteiger partial charge in [0.05, 0.1) is 25.9 Å². The highest BCUT2D eigenvalue weighted by Crippen LogP contribution is 2.57. The molecule has 4 aliphatic rings. The van der Waals surface area contributed by atoms with E-state index in [9.17, 15) is 24.3 Å². The number of aliphatic hydroxyl groups is 1. The van der Waals surface area contributed by atoms with Crippen LogP contribution in [-0.2, 0) is 38.1 Å². The zero-order valence-electron chi connectivity index (χ0n) is 22.3. The number of allylic oxidation sites excluding steroid dienone is 3. The van der Waals surface area contributed by atoms with Gasteiger partial charge in [-0.05, 0) is 26.8 Å². The third-order valence-electron chi connectivity index (χ3n) is 7.98. The molecule has 202 valence electrons. The molecule has 4 aliphatic heterocycles. The van der Waals surface area contributed by atoms with E-state index in [-0.39, 0.29) is 41.9 Å². The van der Waals surface area contributed by atoms with Gasteiger partial charge in [0, 0.05) is 25.3 Å². The van der Waals surface area contributed by atoms with Crippen LogP contribution in [0.15, 0.2) is 35.1 Å². The molecule has 0 aromatic heterocycles. The first-order valence-electron chi connectivity index (χ1n) is 12.5. The van der Waals surface area contributed by atoms with E-state index in [1.807, 2.05) is 26.8 Å². The van der Waals surface area contributed by atoms with Crippen molar-refractivity contribution in [2.24, 2.45) is 17.8 Å². The highest BCUT2D eigenvalue weighted by molar-refractivity contribution is 6.25. The van der Waals surface area contributed by atoms with Gasteiger partial charge in [0.25, 0.3) is 5.91 Å². The lowest BCUT2D eigenvalue weighted by molar-refractivity contribution is -0.387. The Kier molecular flexibility index (Phi) is 6.98. The summed E-state index contributed by atoms with van der Waals surface area (Å²) < 4.78 is 24.1. The number of Topliss-reactive ketones (excluding diaryl/α,β-unsaturated/α-hetero) is 2. The van der Waals surface area contributed by atoms with Gasteiger partial charge in [0.1, 0.15) is 29.0 Å². The van der Waals surface area contributed by atoms with E-state index < -0.39 is 53.3 Å². The number of ketones is 2. The molecule has 0 aromatic rings. The first kappa shape index (κ1) is 27.2. The molecule has 0 saturated carbocycles. The van der Waals surface area contributed by atoms with Crippen LogP contribution in [0.3, 0.4) is 0 Å². The normalized spacial score (nSPS) is 40.3. The van der Waals surface area contributed by atoms with Crippen molar-refractivity contribution in [2.45, 2.75) is 70.7 Å². The third-order valence-corrected chi connectivity index (χ3v) is 7.98. The Labute approximate surface area is 216 Å². The van der Waals surface area contributed by atoms with Gasteiger partial charge >= 0.3 is 5.97 Å². The van der Waals surface area contributed by atoms with Crippen LogP contribution >= 0.6 is 0 Å². The fourth-order valence-electron chi connectivity index (χ4n) is 6.20. The molecule has 4 rings (SSSR count). The maximum atomic E-state index is 13.1. The lowest BCUT2D eigenvalue weighted by Gasteiger charge is -2.56. The number of hydrogen-bond acceptors (Lipinski definition) is 9. The molecule has 0 aromatic carbocycles. The zero-order valence-corrected chi connectivity index (χ0v) is 22.3. The molecule has 4 fully saturated rings. The number of carbonyl (C=O) groups excluding carboxylic acids is 4. The summed E-state index contributed by atoms with van der Waals surface area (Å²) in [7, 11) is 2.80. The number of likely N-dealkylation sites (tertiary alicyclic amines) is 1. The van der Waals surface area contributed by atoms with E-state index in [0.29, 0.717) is 0 Å². The van der Waals surface area contributed by atoms with E-state index in [1.54, 1.807) is 19.9 Å². The van der Waals surface area contributed by atoms with Gasteiger partial charge in [-0.25, -0.2) is 0 Å². The highest BCUT2D eigenvalue weighted by atomic mass is 16.8. The van der Waals surface area contributed by atoms with Crippen molar-refractivity contribution in [3.05, 3.63) is 35.1 Å². The zero-order chi connectivity index (χ0) is 27.4. The first-order valence-corrected chi connectivity index (χ1v) is 12.5. The molecule has 4 saturated heterocycles. The Hall–Kier alpha value is -2.82. The number of carbonyl (C=O) groups is 4.